The average Bonchev–Trinajstić information content (AvgIpc) is 2.06. The molecule has 0 radical (unpaired) electrons. The number of hydrogen-bond donors (Lipinski definition) is 3. The van der Waals surface area contributed by atoms with Gasteiger partial charge in [0.25, 0.3) is 0 Å². The Hall–Kier alpha value is -1.17. The van der Waals surface area contributed by atoms with E-state index in [-0.39, 0.29) is 0 Å². The van der Waals surface area contributed by atoms with Crippen LogP contribution >= 0.6 is 0 Å². The van der Waals surface area contributed by atoms with Crippen molar-refractivity contribution < 1.29 is 5.21 Å². The minimum atomic E-state index is 0.573. The van der Waals surface area contributed by atoms with Gasteiger partial charge in [0, 0.05) is 13.2 Å². The van der Waals surface area contributed by atoms with Crippen LogP contribution in [0.2, 0.25) is 0 Å². The van der Waals surface area contributed by atoms with Gasteiger partial charge >= 0.3 is 0 Å². The summed E-state index contributed by atoms with van der Waals surface area (Å²) in [5.41, 5.74) is 5.01. The molecular weight excluding hydrogens is 144 g/mol. The molecule has 1 aromatic heterocycles. The van der Waals surface area contributed by atoms with Gasteiger partial charge in [-0.25, -0.2) is 10.4 Å². The minimum Gasteiger partial charge on any atom is -0.281 e. The lowest BCUT2D eigenvalue weighted by Gasteiger charge is -2.13. The summed E-state index contributed by atoms with van der Waals surface area (Å²) in [7, 11) is 1.58. The molecule has 0 spiro atoms. The van der Waals surface area contributed by atoms with Crippen molar-refractivity contribution in [2.45, 2.75) is 0 Å². The van der Waals surface area contributed by atoms with Crippen molar-refractivity contribution in [3.8, 4) is 0 Å². The normalized spacial score (nSPS) is 10.1. The fourth-order valence-corrected chi connectivity index (χ4v) is 0.593. The largest absolute Gasteiger partial charge is 0.281 e. The first-order valence-corrected chi connectivity index (χ1v) is 3.17. The molecule has 1 rings (SSSR count). The Balaban J connectivity index is 2.51. The molecule has 0 atom stereocenters. The van der Waals surface area contributed by atoms with Gasteiger partial charge in [-0.05, 0) is 17.4 Å². The Labute approximate surface area is 64.6 Å². The maximum absolute atomic E-state index is 8.88. The number of nitrogens with one attached hydrogen (secondary N) is 2. The van der Waals surface area contributed by atoms with E-state index >= 15 is 0 Å². The molecule has 3 N–H and O–H groups in total. The van der Waals surface area contributed by atoms with Crippen LogP contribution in [0, 0.1) is 0 Å². The first-order chi connectivity index (χ1) is 5.33. The van der Waals surface area contributed by atoms with E-state index in [9.17, 15) is 0 Å². The summed E-state index contributed by atoms with van der Waals surface area (Å²) in [4.78, 5) is 3.91. The van der Waals surface area contributed by atoms with Gasteiger partial charge in [-0.3, -0.25) is 10.6 Å². The molecule has 1 heterocycles. The quantitative estimate of drug-likeness (QED) is 0.544. The van der Waals surface area contributed by atoms with Crippen molar-refractivity contribution in [3.05, 3.63) is 24.4 Å². The number of aromatic nitrogens is 1. The van der Waals surface area contributed by atoms with Gasteiger partial charge in [-0.15, -0.1) is 0 Å². The van der Waals surface area contributed by atoms with E-state index in [1.807, 2.05) is 6.07 Å². The van der Waals surface area contributed by atoms with Gasteiger partial charge in [0.05, 0.1) is 0 Å². The summed E-state index contributed by atoms with van der Waals surface area (Å²) in [5.74, 6) is 0.573. The zero-order chi connectivity index (χ0) is 8.10. The molecule has 5 heteroatoms. The predicted molar refractivity (Wildman–Crippen MR) is 40.5 cm³/mol. The van der Waals surface area contributed by atoms with Crippen LogP contribution in [-0.4, -0.2) is 22.5 Å². The fourth-order valence-electron chi connectivity index (χ4n) is 0.593. The molecule has 0 aromatic carbocycles. The number of hydrazine groups is 2. The van der Waals surface area contributed by atoms with Crippen LogP contribution in [0.3, 0.4) is 0 Å². The van der Waals surface area contributed by atoms with Crippen molar-refractivity contribution in [3.63, 3.8) is 0 Å². The zero-order valence-corrected chi connectivity index (χ0v) is 6.15. The smallest absolute Gasteiger partial charge is 0.143 e. The van der Waals surface area contributed by atoms with E-state index in [2.05, 4.69) is 15.8 Å². The van der Waals surface area contributed by atoms with Crippen LogP contribution in [0.25, 0.3) is 0 Å². The van der Waals surface area contributed by atoms with E-state index in [0.717, 1.165) is 5.28 Å². The summed E-state index contributed by atoms with van der Waals surface area (Å²) < 4.78 is 0. The fraction of sp³-hybridized carbons (Fsp3) is 0.167. The average molecular weight is 154 g/mol. The predicted octanol–water partition coefficient (Wildman–Crippen LogP) is 0.234. The van der Waals surface area contributed by atoms with E-state index < -0.39 is 0 Å². The zero-order valence-electron chi connectivity index (χ0n) is 6.15. The molecule has 0 fully saturated rings. The molecule has 0 aliphatic rings. The van der Waals surface area contributed by atoms with Crippen molar-refractivity contribution in [1.82, 2.24) is 15.7 Å². The summed E-state index contributed by atoms with van der Waals surface area (Å²) in [6.45, 7) is 0. The molecule has 0 saturated heterocycles. The van der Waals surface area contributed by atoms with Gasteiger partial charge in [-0.1, -0.05) is 6.07 Å². The van der Waals surface area contributed by atoms with Gasteiger partial charge in [0.1, 0.15) is 5.82 Å². The Kier molecular flexibility index (Phi) is 2.79. The van der Waals surface area contributed by atoms with Gasteiger partial charge < -0.3 is 0 Å². The molecule has 11 heavy (non-hydrogen) atoms. The third-order valence-corrected chi connectivity index (χ3v) is 1.10. The summed E-state index contributed by atoms with van der Waals surface area (Å²) in [6.07, 6.45) is 1.63. The Morgan fingerprint density at radius 3 is 2.91 bits per heavy atom. The first-order valence-electron chi connectivity index (χ1n) is 3.17. The minimum absolute atomic E-state index is 0.573. The molecule has 0 aliphatic carbocycles. The lowest BCUT2D eigenvalue weighted by molar-refractivity contribution is -0.106. The van der Waals surface area contributed by atoms with E-state index in [0.29, 0.717) is 5.82 Å². The standard InChI is InChI=1S/C6H10N4O/c1-7-10(11)9-6-4-2-3-5-8-6/h2-5,7,11H,1H3,(H,8,9). The van der Waals surface area contributed by atoms with Crippen LogP contribution in [-0.2, 0) is 0 Å². The van der Waals surface area contributed by atoms with Gasteiger partial charge in [0.15, 0.2) is 0 Å². The van der Waals surface area contributed by atoms with Crippen LogP contribution < -0.4 is 10.9 Å². The molecule has 60 valence electrons. The SMILES string of the molecule is CNN(O)Nc1ccccn1. The first kappa shape index (κ1) is 7.93. The van der Waals surface area contributed by atoms with Gasteiger partial charge in [0.2, 0.25) is 0 Å². The van der Waals surface area contributed by atoms with Crippen molar-refractivity contribution in [1.29, 1.82) is 0 Å². The van der Waals surface area contributed by atoms with Crippen molar-refractivity contribution >= 4 is 5.82 Å². The molecule has 5 nitrogen and oxygen atoms in total. The second-order valence-electron chi connectivity index (χ2n) is 1.86. The van der Waals surface area contributed by atoms with E-state index in [4.69, 9.17) is 5.21 Å². The molecular formula is C6H10N4O. The monoisotopic (exact) mass is 154 g/mol. The Bertz CT molecular complexity index is 203. The Morgan fingerprint density at radius 2 is 2.36 bits per heavy atom. The summed E-state index contributed by atoms with van der Waals surface area (Å²) >= 11 is 0. The van der Waals surface area contributed by atoms with Crippen LogP contribution in [0.15, 0.2) is 24.4 Å². The second-order valence-corrected chi connectivity index (χ2v) is 1.86. The highest BCUT2D eigenvalue weighted by Crippen LogP contribution is 1.98. The number of hydrogen-bond acceptors (Lipinski definition) is 5. The number of anilines is 1. The highest BCUT2D eigenvalue weighted by atomic mass is 16.6. The molecule has 0 saturated carbocycles. The van der Waals surface area contributed by atoms with E-state index in [1.54, 1.807) is 25.4 Å². The van der Waals surface area contributed by atoms with Gasteiger partial charge in [-0.2, -0.15) is 0 Å². The maximum atomic E-state index is 8.88. The highest BCUT2D eigenvalue weighted by molar-refractivity contribution is 5.30. The van der Waals surface area contributed by atoms with E-state index in [1.165, 1.54) is 0 Å². The molecule has 0 bridgehead atoms. The molecule has 1 aromatic rings. The maximum Gasteiger partial charge on any atom is 0.143 e. The molecule has 0 aliphatic heterocycles. The summed E-state index contributed by atoms with van der Waals surface area (Å²) in [6, 6.07) is 5.35. The highest BCUT2D eigenvalue weighted by Gasteiger charge is 1.94. The van der Waals surface area contributed by atoms with Crippen LogP contribution in [0.5, 0.6) is 0 Å². The van der Waals surface area contributed by atoms with Crippen molar-refractivity contribution in [2.24, 2.45) is 0 Å². The van der Waals surface area contributed by atoms with Crippen molar-refractivity contribution in [2.75, 3.05) is 12.5 Å². The Morgan fingerprint density at radius 1 is 1.55 bits per heavy atom. The second kappa shape index (κ2) is 3.87. The third kappa shape index (κ3) is 2.50. The molecule has 0 amide bonds. The molecule has 0 unspecified atom stereocenters. The third-order valence-electron chi connectivity index (χ3n) is 1.10. The lowest BCUT2D eigenvalue weighted by atomic mass is 10.5. The summed E-state index contributed by atoms with van der Waals surface area (Å²) in [5, 5.41) is 9.61. The topological polar surface area (TPSA) is 60.4 Å². The lowest BCUT2D eigenvalue weighted by Crippen LogP contribution is -2.36. The number of rotatable bonds is 3. The van der Waals surface area contributed by atoms with Crippen LogP contribution in [0.4, 0.5) is 5.82 Å². The number of nitrogens with zero attached hydrogens (tertiary/aromatic N) is 2. The van der Waals surface area contributed by atoms with Crippen LogP contribution in [0.1, 0.15) is 0 Å². The number of pyridine rings is 1.